The van der Waals surface area contributed by atoms with Gasteiger partial charge < -0.3 is 33.3 Å². The summed E-state index contributed by atoms with van der Waals surface area (Å²) in [6.45, 7) is 9.79. The Morgan fingerprint density at radius 2 is 0.829 bits per heavy atom. The van der Waals surface area contributed by atoms with Crippen molar-refractivity contribution < 1.29 is 66.2 Å². The maximum absolute atomic E-state index is 14.4. The Kier molecular flexibility index (Phi) is 33.9. The minimum absolute atomic E-state index is 0. The molecule has 0 radical (unpaired) electrons. The van der Waals surface area contributed by atoms with E-state index in [1.54, 1.807) is 86.1 Å². The molecule has 19 rings (SSSR count). The van der Waals surface area contributed by atoms with Crippen molar-refractivity contribution in [1.82, 2.24) is 60.8 Å². The van der Waals surface area contributed by atoms with E-state index in [1.807, 2.05) is 104 Å². The van der Waals surface area contributed by atoms with E-state index in [9.17, 15) is 76.7 Å². The zero-order chi connectivity index (χ0) is 103. The third-order valence-corrected chi connectivity index (χ3v) is 35.2. The van der Waals surface area contributed by atoms with Gasteiger partial charge in [0.05, 0.1) is 117 Å². The number of sulfonamides is 3. The van der Waals surface area contributed by atoms with Crippen LogP contribution in [-0.4, -0.2) is 170 Å². The van der Waals surface area contributed by atoms with E-state index in [0.717, 1.165) is 143 Å². The van der Waals surface area contributed by atoms with Crippen LogP contribution < -0.4 is 19.6 Å². The number of hydrogen-bond acceptors (Lipinski definition) is 21. The standard InChI is InChI=1S/C28H30FN5O3S.C26H26FN5O3S.C26H30N6O2S.C25H23F2N5O3S.CH4/c1-20-21(16-30)14-25(15-26(20)29)38(36,37)34-13-12-27(34)28(35)33(24-10-6-3-7-11-24)18-22-17-32(19-31-22)23-8-4-2-5-9-23;1-18-19(15-28)13-22(14-23(18)27)36(34,35)32-12-10-24(32)26(33)31(21-7-3-2-4-8-21)17-20-16-30-11-6-5-9-25(30)29-20;1-20(16-27)11-15-35(2,34)32-14-10-25(32)26(33)31(23-8-12-28-13-9-23)19-22-17-30-24(18-29-22)21-6-4-3-5-7-21;26-21-13-20(12-17(14-28)24(21)27)36(34,35)32-11-9-22(32)25(33)31(19-6-2-1-3-7-19)16-18-15-30-10-5-4-8-23(30)29-18;/h3,6-7,10-11,14-15,17,19,23,27H,2,4-5,8-9,12-13,18H2,1H3;2-4,7-8,13-14,16,24H,5-6,9-12,17H2,1H3;8-9,11-13,15,17-18,21,25H,1-7,10,14,19H2;1-3,6-7,12-13,15,22H,4-5,8-11,16H2;1H4/b;;15-11+;;/t27-;24-;25-,35?;22-;/m1111./s1. The summed E-state index contributed by atoms with van der Waals surface area (Å²) >= 11 is 0. The zero-order valence-corrected chi connectivity index (χ0v) is 83.4. The van der Waals surface area contributed by atoms with Crippen LogP contribution in [0, 0.1) is 82.4 Å². The summed E-state index contributed by atoms with van der Waals surface area (Å²) in [5, 5.41) is 37.9. The van der Waals surface area contributed by atoms with Gasteiger partial charge in [-0.15, -0.1) is 0 Å². The van der Waals surface area contributed by atoms with Gasteiger partial charge in [-0.25, -0.2) is 66.3 Å². The van der Waals surface area contributed by atoms with E-state index in [0.29, 0.717) is 78.0 Å². The number of nitrogens with zero attached hydrogens (tertiary/aromatic N) is 21. The Morgan fingerprint density at radius 1 is 0.438 bits per heavy atom. The third kappa shape index (κ3) is 23.5. The number of rotatable bonds is 27. The second-order valence-electron chi connectivity index (χ2n) is 37.0. The number of anilines is 4. The molecule has 0 N–H and O–H groups in total. The Morgan fingerprint density at radius 3 is 1.22 bits per heavy atom. The summed E-state index contributed by atoms with van der Waals surface area (Å²) in [5.74, 6) is 0.482. The SMILES string of the molecule is C.C=C(C#N)/C=C/S(=C)(=O)N1CC[C@@H]1C(=O)N(Cc1cnc(C2CCCCC2)cn1)c1ccncc1.Cc1c(F)cc(S(=O)(=O)N2CC[C@@H]2C(=O)N(Cc2cn(C3CCCCC3)cn2)c2ccccc2)cc1C#N.Cc1c(F)cc(S(=O)(=O)N2CC[C@@H]2C(=O)N(Cc2cn3c(n2)CCCC3)c2ccccc2)cc1C#N.N#Cc1cc(S(=O)(=O)N2CC[C@@H]2C(=O)N(Cc2cn3c(n2)CCCC3)c2ccccc2)cc(F)c1F. The van der Waals surface area contributed by atoms with Crippen LogP contribution in [0.4, 0.5) is 40.3 Å². The molecule has 4 amide bonds. The van der Waals surface area contributed by atoms with E-state index in [-0.39, 0.29) is 115 Å². The normalized spacial score (nSPS) is 18.4. The second-order valence-corrected chi connectivity index (χ2v) is 44.8. The van der Waals surface area contributed by atoms with E-state index in [2.05, 4.69) is 51.1 Å². The molecule has 146 heavy (non-hydrogen) atoms. The number of amides is 4. The minimum atomic E-state index is -4.35. The summed E-state index contributed by atoms with van der Waals surface area (Å²) in [5.41, 5.74) is 5.97. The van der Waals surface area contributed by atoms with E-state index < -0.39 is 104 Å². The number of aromatic nitrogens is 9. The highest BCUT2D eigenvalue weighted by atomic mass is 32.2. The van der Waals surface area contributed by atoms with Crippen LogP contribution in [0.2, 0.25) is 0 Å². The third-order valence-electron chi connectivity index (χ3n) is 27.7. The van der Waals surface area contributed by atoms with Gasteiger partial charge in [0, 0.05) is 156 Å². The minimum Gasteiger partial charge on any atom is -0.335 e. The Hall–Kier alpha value is -14.1. The number of nitriles is 4. The molecule has 40 heteroatoms. The number of hydrogen-bond donors (Lipinski definition) is 0. The number of halogens is 4. The number of para-hydroxylation sites is 3. The van der Waals surface area contributed by atoms with Gasteiger partial charge >= 0.3 is 0 Å². The molecule has 0 spiro atoms. The molecule has 6 fully saturated rings. The lowest BCUT2D eigenvalue weighted by molar-refractivity contribution is -0.125. The van der Waals surface area contributed by atoms with Gasteiger partial charge in [0.2, 0.25) is 53.7 Å². The van der Waals surface area contributed by atoms with Gasteiger partial charge in [0.25, 0.3) is 0 Å². The molecule has 0 bridgehead atoms. The highest BCUT2D eigenvalue weighted by Gasteiger charge is 2.50. The van der Waals surface area contributed by atoms with Crippen molar-refractivity contribution >= 4 is 92.0 Å². The molecule has 8 aliphatic rings. The molecule has 6 aliphatic heterocycles. The van der Waals surface area contributed by atoms with Crippen LogP contribution in [-0.2, 0) is 111 Å². The van der Waals surface area contributed by atoms with E-state index >= 15 is 0 Å². The maximum Gasteiger partial charge on any atom is 0.245 e. The average molecular weight is 2060 g/mol. The molecule has 2 saturated carbocycles. The highest BCUT2D eigenvalue weighted by molar-refractivity contribution is 8.01. The molecule has 2 aliphatic carbocycles. The molecule has 11 heterocycles. The Labute approximate surface area is 848 Å². The van der Waals surface area contributed by atoms with Gasteiger partial charge in [0.1, 0.15) is 53.5 Å². The summed E-state index contributed by atoms with van der Waals surface area (Å²) in [6, 6.07) is 40.1. The molecule has 5 aromatic heterocycles. The second kappa shape index (κ2) is 46.5. The zero-order valence-electron chi connectivity index (χ0n) is 80.2. The van der Waals surface area contributed by atoms with E-state index in [1.165, 1.54) is 80.9 Å². The number of carbonyl (C=O) groups is 4. The number of allylic oxidation sites excluding steroid dienone is 2. The summed E-state index contributed by atoms with van der Waals surface area (Å²) < 4.78 is 161. The van der Waals surface area contributed by atoms with Gasteiger partial charge in [-0.3, -0.25) is 34.1 Å². The fraction of sp³-hybridized carbons (Fsp3) is 0.368. The van der Waals surface area contributed by atoms with Crippen LogP contribution >= 0.6 is 0 Å². The Balaban J connectivity index is 0.000000146. The Bertz CT molecular complexity index is 7100. The van der Waals surface area contributed by atoms with Gasteiger partial charge in [-0.2, -0.15) is 34.0 Å². The molecule has 760 valence electrons. The summed E-state index contributed by atoms with van der Waals surface area (Å²) in [6.07, 6.45) is 35.4. The quantitative estimate of drug-likeness (QED) is 0.0200. The smallest absolute Gasteiger partial charge is 0.245 e. The average Bonchev–Trinajstić information content (AvgIpc) is 0.895. The molecule has 5 atom stereocenters. The predicted octanol–water partition coefficient (Wildman–Crippen LogP) is 16.0. The first-order chi connectivity index (χ1) is 69.8. The number of imidazole rings is 3. The molecule has 1 unspecified atom stereocenters. The lowest BCUT2D eigenvalue weighted by Gasteiger charge is -2.42. The monoisotopic (exact) mass is 2060 g/mol. The number of aryl methyl sites for hydroxylation is 4. The van der Waals surface area contributed by atoms with Crippen LogP contribution in [0.1, 0.15) is 203 Å². The molecular weight excluding hydrogens is 1950 g/mol. The fourth-order valence-corrected chi connectivity index (χ4v) is 25.7. The van der Waals surface area contributed by atoms with Gasteiger partial charge in [-0.1, -0.05) is 107 Å². The van der Waals surface area contributed by atoms with Gasteiger partial charge in [-0.05, 0) is 188 Å². The maximum atomic E-state index is 14.4. The van der Waals surface area contributed by atoms with E-state index in [4.69, 9.17) is 15.5 Å². The summed E-state index contributed by atoms with van der Waals surface area (Å²) in [7, 11) is -15.6. The first-order valence-corrected chi connectivity index (χ1v) is 54.3. The molecule has 4 saturated heterocycles. The van der Waals surface area contributed by atoms with Crippen molar-refractivity contribution in [1.29, 1.82) is 21.0 Å². The molecule has 32 nitrogen and oxygen atoms in total. The van der Waals surface area contributed by atoms with Crippen molar-refractivity contribution in [2.24, 2.45) is 0 Å². The van der Waals surface area contributed by atoms with Crippen molar-refractivity contribution in [3.05, 3.63) is 304 Å². The fourth-order valence-electron chi connectivity index (χ4n) is 19.1. The molecule has 6 aromatic carbocycles. The van der Waals surface area contributed by atoms with Crippen LogP contribution in [0.3, 0.4) is 0 Å². The van der Waals surface area contributed by atoms with Crippen LogP contribution in [0.25, 0.3) is 0 Å². The van der Waals surface area contributed by atoms with Crippen molar-refractivity contribution in [3.63, 3.8) is 0 Å². The topological polar surface area (TPSA) is 401 Å². The number of benzene rings is 6. The van der Waals surface area contributed by atoms with Crippen molar-refractivity contribution in [2.75, 3.05) is 45.8 Å². The largest absolute Gasteiger partial charge is 0.335 e. The van der Waals surface area contributed by atoms with Crippen LogP contribution in [0.5, 0.6) is 0 Å². The lowest BCUT2D eigenvalue weighted by Crippen LogP contribution is -2.59. The van der Waals surface area contributed by atoms with Crippen molar-refractivity contribution in [2.45, 2.75) is 240 Å². The first-order valence-electron chi connectivity index (χ1n) is 48.3. The number of carbonyl (C=O) groups excluding carboxylic acids is 4. The number of pyridine rings is 1. The van der Waals surface area contributed by atoms with Gasteiger partial charge in [0.15, 0.2) is 11.6 Å². The first kappa shape index (κ1) is 106. The summed E-state index contributed by atoms with van der Waals surface area (Å²) in [4.78, 5) is 87.3. The molecule has 11 aromatic rings. The molecular formula is C106H113F4N21O11S4. The van der Waals surface area contributed by atoms with Crippen LogP contribution in [0.15, 0.2) is 228 Å². The predicted molar refractivity (Wildman–Crippen MR) is 542 cm³/mol. The highest BCUT2D eigenvalue weighted by Crippen LogP contribution is 2.40. The van der Waals surface area contributed by atoms with Crippen molar-refractivity contribution in [3.8, 4) is 24.3 Å². The lowest BCUT2D eigenvalue weighted by atomic mass is 9.87. The number of fused-ring (bicyclic) bond motifs is 2.